The molecule has 2 heterocycles. The first-order chi connectivity index (χ1) is 10.5. The van der Waals surface area contributed by atoms with Gasteiger partial charge in [-0.05, 0) is 33.6 Å². The molecule has 0 unspecified atom stereocenters. The molecule has 0 aromatic carbocycles. The van der Waals surface area contributed by atoms with Gasteiger partial charge in [0, 0.05) is 31.1 Å². The van der Waals surface area contributed by atoms with Crippen LogP contribution in [0.3, 0.4) is 0 Å². The molecule has 1 aliphatic rings. The summed E-state index contributed by atoms with van der Waals surface area (Å²) >= 11 is 1.77. The second-order valence-electron chi connectivity index (χ2n) is 6.09. The number of amides is 1. The van der Waals surface area contributed by atoms with Crippen molar-refractivity contribution in [3.05, 3.63) is 15.6 Å². The van der Waals surface area contributed by atoms with Gasteiger partial charge in [-0.3, -0.25) is 9.69 Å². The standard InChI is InChI=1S/C16H27N3O2S/c1-11-5-6-14(16(20)17-7-8-21-4)9-19(11)10-15-18-12(2)13(3)22-15/h11,14H,5-10H2,1-4H3,(H,17,20)/t11-,14+/m1/s1. The van der Waals surface area contributed by atoms with Gasteiger partial charge in [0.2, 0.25) is 5.91 Å². The normalized spacial score (nSPS) is 22.7. The van der Waals surface area contributed by atoms with Crippen LogP contribution in [0.4, 0.5) is 0 Å². The van der Waals surface area contributed by atoms with Gasteiger partial charge in [0.05, 0.1) is 24.8 Å². The van der Waals surface area contributed by atoms with Gasteiger partial charge in [-0.2, -0.15) is 0 Å². The fourth-order valence-corrected chi connectivity index (χ4v) is 3.77. The first-order valence-electron chi connectivity index (χ1n) is 7.95. The van der Waals surface area contributed by atoms with E-state index in [0.717, 1.165) is 36.6 Å². The highest BCUT2D eigenvalue weighted by Gasteiger charge is 2.30. The molecule has 22 heavy (non-hydrogen) atoms. The van der Waals surface area contributed by atoms with Crippen LogP contribution in [-0.4, -0.2) is 48.6 Å². The summed E-state index contributed by atoms with van der Waals surface area (Å²) in [6.07, 6.45) is 2.03. The van der Waals surface area contributed by atoms with E-state index in [1.165, 1.54) is 4.88 Å². The molecule has 0 saturated carbocycles. The summed E-state index contributed by atoms with van der Waals surface area (Å²) in [6.45, 7) is 9.23. The fraction of sp³-hybridized carbons (Fsp3) is 0.750. The summed E-state index contributed by atoms with van der Waals surface area (Å²) < 4.78 is 4.98. The average molecular weight is 325 g/mol. The minimum Gasteiger partial charge on any atom is -0.383 e. The highest BCUT2D eigenvalue weighted by atomic mass is 32.1. The lowest BCUT2D eigenvalue weighted by atomic mass is 9.92. The molecule has 0 spiro atoms. The second kappa shape index (κ2) is 8.04. The van der Waals surface area contributed by atoms with Crippen molar-refractivity contribution in [1.82, 2.24) is 15.2 Å². The Morgan fingerprint density at radius 1 is 1.45 bits per heavy atom. The van der Waals surface area contributed by atoms with Crippen molar-refractivity contribution >= 4 is 17.2 Å². The molecule has 0 bridgehead atoms. The third kappa shape index (κ3) is 4.51. The zero-order chi connectivity index (χ0) is 16.1. The molecular weight excluding hydrogens is 298 g/mol. The van der Waals surface area contributed by atoms with Crippen LogP contribution in [0, 0.1) is 19.8 Å². The minimum absolute atomic E-state index is 0.0789. The topological polar surface area (TPSA) is 54.5 Å². The van der Waals surface area contributed by atoms with E-state index in [9.17, 15) is 4.79 Å². The summed E-state index contributed by atoms with van der Waals surface area (Å²) in [5.74, 6) is 0.232. The van der Waals surface area contributed by atoms with Crippen LogP contribution in [0.15, 0.2) is 0 Å². The Morgan fingerprint density at radius 3 is 2.86 bits per heavy atom. The summed E-state index contributed by atoms with van der Waals surface area (Å²) in [5, 5.41) is 4.12. The number of piperidine rings is 1. The van der Waals surface area contributed by atoms with Crippen molar-refractivity contribution < 1.29 is 9.53 Å². The predicted molar refractivity (Wildman–Crippen MR) is 89.1 cm³/mol. The zero-order valence-electron chi connectivity index (χ0n) is 14.0. The molecular formula is C16H27N3O2S. The maximum Gasteiger partial charge on any atom is 0.224 e. The molecule has 1 fully saturated rings. The van der Waals surface area contributed by atoms with Crippen molar-refractivity contribution in [3.8, 4) is 0 Å². The van der Waals surface area contributed by atoms with Gasteiger partial charge in [-0.15, -0.1) is 11.3 Å². The van der Waals surface area contributed by atoms with E-state index in [-0.39, 0.29) is 11.8 Å². The maximum absolute atomic E-state index is 12.2. The molecule has 1 aromatic rings. The number of hydrogen-bond acceptors (Lipinski definition) is 5. The number of rotatable bonds is 6. The molecule has 124 valence electrons. The lowest BCUT2D eigenvalue weighted by Crippen LogP contribution is -2.46. The number of aromatic nitrogens is 1. The minimum atomic E-state index is 0.0789. The van der Waals surface area contributed by atoms with Gasteiger partial charge in [-0.1, -0.05) is 0 Å². The first kappa shape index (κ1) is 17.4. The van der Waals surface area contributed by atoms with E-state index in [2.05, 4.69) is 36.0 Å². The number of hydrogen-bond donors (Lipinski definition) is 1. The van der Waals surface area contributed by atoms with Gasteiger partial charge in [0.1, 0.15) is 5.01 Å². The van der Waals surface area contributed by atoms with E-state index in [4.69, 9.17) is 4.74 Å². The Kier molecular flexibility index (Phi) is 6.35. The quantitative estimate of drug-likeness (QED) is 0.814. The molecule has 1 aliphatic heterocycles. The van der Waals surface area contributed by atoms with Gasteiger partial charge in [0.15, 0.2) is 0 Å². The number of aryl methyl sites for hydroxylation is 2. The molecule has 2 atom stereocenters. The number of nitrogens with one attached hydrogen (secondary N) is 1. The highest BCUT2D eigenvalue weighted by Crippen LogP contribution is 2.26. The van der Waals surface area contributed by atoms with E-state index in [0.29, 0.717) is 19.2 Å². The Hall–Kier alpha value is -0.980. The van der Waals surface area contributed by atoms with Crippen LogP contribution in [0.25, 0.3) is 0 Å². The fourth-order valence-electron chi connectivity index (χ4n) is 2.81. The lowest BCUT2D eigenvalue weighted by Gasteiger charge is -2.36. The molecule has 2 rings (SSSR count). The number of methoxy groups -OCH3 is 1. The van der Waals surface area contributed by atoms with Crippen molar-refractivity contribution in [2.24, 2.45) is 5.92 Å². The van der Waals surface area contributed by atoms with Crippen LogP contribution < -0.4 is 5.32 Å². The van der Waals surface area contributed by atoms with Gasteiger partial charge < -0.3 is 10.1 Å². The third-order valence-corrected chi connectivity index (χ3v) is 5.46. The molecule has 5 nitrogen and oxygen atoms in total. The van der Waals surface area contributed by atoms with Crippen molar-refractivity contribution in [2.45, 2.75) is 46.2 Å². The summed E-state index contributed by atoms with van der Waals surface area (Å²) in [7, 11) is 1.65. The molecule has 1 amide bonds. The number of thiazole rings is 1. The molecule has 1 saturated heterocycles. The Labute approximate surface area is 137 Å². The van der Waals surface area contributed by atoms with Crippen LogP contribution in [0.1, 0.15) is 35.3 Å². The van der Waals surface area contributed by atoms with Gasteiger partial charge in [0.25, 0.3) is 0 Å². The van der Waals surface area contributed by atoms with Crippen molar-refractivity contribution in [1.29, 1.82) is 0 Å². The van der Waals surface area contributed by atoms with E-state index in [1.807, 2.05) is 0 Å². The predicted octanol–water partition coefficient (Wildman–Crippen LogP) is 2.12. The maximum atomic E-state index is 12.2. The number of nitrogens with zero attached hydrogens (tertiary/aromatic N) is 2. The average Bonchev–Trinajstić information content (AvgIpc) is 2.80. The largest absolute Gasteiger partial charge is 0.383 e. The number of ether oxygens (including phenoxy) is 1. The van der Waals surface area contributed by atoms with Gasteiger partial charge in [-0.25, -0.2) is 4.98 Å². The molecule has 1 N–H and O–H groups in total. The number of likely N-dealkylation sites (tertiary alicyclic amines) is 1. The first-order valence-corrected chi connectivity index (χ1v) is 8.76. The van der Waals surface area contributed by atoms with Crippen LogP contribution in [0.2, 0.25) is 0 Å². The van der Waals surface area contributed by atoms with Crippen LogP contribution in [-0.2, 0) is 16.1 Å². The smallest absolute Gasteiger partial charge is 0.224 e. The SMILES string of the molecule is COCCNC(=O)[C@H]1CC[C@@H](C)N(Cc2nc(C)c(C)s2)C1. The highest BCUT2D eigenvalue weighted by molar-refractivity contribution is 7.11. The zero-order valence-corrected chi connectivity index (χ0v) is 14.8. The molecule has 1 aromatic heterocycles. The second-order valence-corrected chi connectivity index (χ2v) is 7.37. The number of carbonyl (C=O) groups excluding carboxylic acids is 1. The van der Waals surface area contributed by atoms with Gasteiger partial charge >= 0.3 is 0 Å². The molecule has 0 aliphatic carbocycles. The molecule has 6 heteroatoms. The van der Waals surface area contributed by atoms with E-state index in [1.54, 1.807) is 18.4 Å². The van der Waals surface area contributed by atoms with Crippen molar-refractivity contribution in [3.63, 3.8) is 0 Å². The third-order valence-electron chi connectivity index (χ3n) is 4.40. The Balaban J connectivity index is 1.91. The Morgan fingerprint density at radius 2 is 2.23 bits per heavy atom. The van der Waals surface area contributed by atoms with E-state index >= 15 is 0 Å². The summed E-state index contributed by atoms with van der Waals surface area (Å²) in [4.78, 5) is 20.5. The molecule has 0 radical (unpaired) electrons. The number of carbonyl (C=O) groups is 1. The van der Waals surface area contributed by atoms with Crippen LogP contribution >= 0.6 is 11.3 Å². The summed E-state index contributed by atoms with van der Waals surface area (Å²) in [5.41, 5.74) is 1.12. The monoisotopic (exact) mass is 325 g/mol. The summed E-state index contributed by atoms with van der Waals surface area (Å²) in [6, 6.07) is 0.507. The van der Waals surface area contributed by atoms with Crippen LogP contribution in [0.5, 0.6) is 0 Å². The Bertz CT molecular complexity index is 484. The lowest BCUT2D eigenvalue weighted by molar-refractivity contribution is -0.127. The van der Waals surface area contributed by atoms with E-state index < -0.39 is 0 Å². The van der Waals surface area contributed by atoms with Crippen molar-refractivity contribution in [2.75, 3.05) is 26.8 Å².